The van der Waals surface area contributed by atoms with Gasteiger partial charge in [0.1, 0.15) is 29.0 Å². The van der Waals surface area contributed by atoms with Gasteiger partial charge in [0.25, 0.3) is 11.5 Å². The zero-order valence-electron chi connectivity index (χ0n) is 26.5. The molecule has 248 valence electrons. The van der Waals surface area contributed by atoms with Gasteiger partial charge in [0, 0.05) is 24.1 Å². The number of benzene rings is 2. The molecule has 5 aromatic rings. The number of nitrogens with one attached hydrogen (secondary N) is 1. The zero-order valence-corrected chi connectivity index (χ0v) is 26.5. The maximum Gasteiger partial charge on any atom is 0.320 e. The van der Waals surface area contributed by atoms with Gasteiger partial charge in [-0.3, -0.25) is 24.0 Å². The Hall–Kier alpha value is -5.73. The maximum atomic E-state index is 13.8. The van der Waals surface area contributed by atoms with Crippen molar-refractivity contribution in [3.8, 4) is 28.7 Å². The third-order valence-corrected chi connectivity index (χ3v) is 7.92. The number of amides is 1. The molecule has 14 heteroatoms. The summed E-state index contributed by atoms with van der Waals surface area (Å²) in [5.74, 6) is 1.10. The Balaban J connectivity index is 1.22. The summed E-state index contributed by atoms with van der Waals surface area (Å²) >= 11 is 0. The summed E-state index contributed by atoms with van der Waals surface area (Å²) in [6.07, 6.45) is 2.70. The van der Waals surface area contributed by atoms with Crippen LogP contribution < -0.4 is 30.8 Å². The molecule has 1 aliphatic heterocycles. The molecule has 1 saturated heterocycles. The van der Waals surface area contributed by atoms with Crippen molar-refractivity contribution >= 4 is 28.6 Å². The summed E-state index contributed by atoms with van der Waals surface area (Å²) in [5.41, 5.74) is 6.49. The van der Waals surface area contributed by atoms with E-state index >= 15 is 0 Å². The van der Waals surface area contributed by atoms with Crippen LogP contribution in [0.2, 0.25) is 0 Å². The van der Waals surface area contributed by atoms with Gasteiger partial charge in [-0.1, -0.05) is 18.2 Å². The van der Waals surface area contributed by atoms with Gasteiger partial charge in [0.2, 0.25) is 0 Å². The summed E-state index contributed by atoms with van der Waals surface area (Å²) in [7, 11) is 3.10. The first-order valence-corrected chi connectivity index (χ1v) is 15.1. The summed E-state index contributed by atoms with van der Waals surface area (Å²) in [6, 6.07) is 17.5. The normalized spacial score (nSPS) is 15.7. The van der Waals surface area contributed by atoms with Crippen LogP contribution in [0, 0.1) is 6.92 Å². The number of rotatable bonds is 11. The van der Waals surface area contributed by atoms with E-state index in [2.05, 4.69) is 15.3 Å². The van der Waals surface area contributed by atoms with Crippen LogP contribution in [0.5, 0.6) is 23.0 Å². The molecule has 48 heavy (non-hydrogen) atoms. The Morgan fingerprint density at radius 1 is 1.02 bits per heavy atom. The number of nitrogens with zero attached hydrogens (tertiary/aromatic N) is 4. The molecule has 14 nitrogen and oxygen atoms in total. The van der Waals surface area contributed by atoms with E-state index in [9.17, 15) is 14.4 Å². The Bertz CT molecular complexity index is 2010. The van der Waals surface area contributed by atoms with Crippen LogP contribution in [0.4, 0.5) is 5.82 Å². The number of pyridine rings is 2. The summed E-state index contributed by atoms with van der Waals surface area (Å²) in [6.45, 7) is 1.94. The van der Waals surface area contributed by atoms with E-state index in [1.165, 1.54) is 10.9 Å². The number of carbonyl (C=O) groups excluding carboxylic acids is 2. The first-order valence-electron chi connectivity index (χ1n) is 15.1. The molecular formula is C34H34N6O8. The van der Waals surface area contributed by atoms with Gasteiger partial charge in [-0.2, -0.15) is 0 Å². The molecule has 0 unspecified atom stereocenters. The van der Waals surface area contributed by atoms with Gasteiger partial charge >= 0.3 is 5.97 Å². The van der Waals surface area contributed by atoms with Crippen molar-refractivity contribution in [3.05, 3.63) is 94.7 Å². The van der Waals surface area contributed by atoms with Crippen LogP contribution in [-0.2, 0) is 20.8 Å². The summed E-state index contributed by atoms with van der Waals surface area (Å²) in [4.78, 5) is 47.8. The Morgan fingerprint density at radius 2 is 1.79 bits per heavy atom. The number of aromatic nitrogens is 4. The van der Waals surface area contributed by atoms with Crippen molar-refractivity contribution in [1.29, 1.82) is 0 Å². The number of methoxy groups -OCH3 is 2. The fraction of sp³-hybridized carbons (Fsp3) is 0.265. The second-order valence-corrected chi connectivity index (χ2v) is 11.0. The number of hydrogen-bond acceptors (Lipinski definition) is 11. The number of esters is 1. The molecular weight excluding hydrogens is 620 g/mol. The van der Waals surface area contributed by atoms with Crippen molar-refractivity contribution in [2.75, 3.05) is 32.7 Å². The average molecular weight is 655 g/mol. The van der Waals surface area contributed by atoms with Crippen molar-refractivity contribution in [2.45, 2.75) is 32.1 Å². The monoisotopic (exact) mass is 654 g/mol. The highest BCUT2D eigenvalue weighted by atomic mass is 16.6. The van der Waals surface area contributed by atoms with Crippen LogP contribution in [0.3, 0.4) is 0 Å². The van der Waals surface area contributed by atoms with E-state index in [1.54, 1.807) is 86.6 Å². The summed E-state index contributed by atoms with van der Waals surface area (Å²) in [5, 5.41) is 3.44. The fourth-order valence-electron chi connectivity index (χ4n) is 5.62. The lowest BCUT2D eigenvalue weighted by Crippen LogP contribution is -2.28. The highest BCUT2D eigenvalue weighted by Crippen LogP contribution is 2.36. The smallest absolute Gasteiger partial charge is 0.320 e. The first-order chi connectivity index (χ1) is 23.3. The molecule has 3 aromatic heterocycles. The van der Waals surface area contributed by atoms with Crippen molar-refractivity contribution < 1.29 is 33.3 Å². The minimum atomic E-state index is -0.620. The summed E-state index contributed by atoms with van der Waals surface area (Å²) < 4.78 is 31.3. The quantitative estimate of drug-likeness (QED) is 0.199. The van der Waals surface area contributed by atoms with Gasteiger partial charge in [0.15, 0.2) is 11.5 Å². The van der Waals surface area contributed by atoms with Gasteiger partial charge in [0.05, 0.1) is 63.1 Å². The van der Waals surface area contributed by atoms with Crippen LogP contribution in [0.25, 0.3) is 16.6 Å². The highest BCUT2D eigenvalue weighted by Gasteiger charge is 2.31. The van der Waals surface area contributed by atoms with Gasteiger partial charge in [-0.25, -0.2) is 9.67 Å². The molecule has 1 aliphatic rings. The molecule has 0 aliphatic carbocycles. The van der Waals surface area contributed by atoms with Crippen LogP contribution >= 0.6 is 0 Å². The van der Waals surface area contributed by atoms with E-state index in [4.69, 9.17) is 29.4 Å². The SMILES string of the molecule is COc1cc2nccc(Oc3ccc(NC(=O)c4c(C)n(C[C@H]5C[C@H](OC(=O)CN)CO5)n(-c5ccccc5)c4=O)nc3)c2cc1OC. The Morgan fingerprint density at radius 3 is 2.50 bits per heavy atom. The highest BCUT2D eigenvalue weighted by molar-refractivity contribution is 6.04. The number of anilines is 1. The molecule has 0 bridgehead atoms. The topological polar surface area (TPSA) is 171 Å². The van der Waals surface area contributed by atoms with Crippen molar-refractivity contribution in [2.24, 2.45) is 5.73 Å². The second kappa shape index (κ2) is 13.9. The molecule has 1 amide bonds. The number of para-hydroxylation sites is 1. The molecule has 1 fully saturated rings. The van der Waals surface area contributed by atoms with Crippen LogP contribution in [0.1, 0.15) is 22.5 Å². The second-order valence-electron chi connectivity index (χ2n) is 11.0. The minimum absolute atomic E-state index is 0.0438. The van der Waals surface area contributed by atoms with Gasteiger partial charge < -0.3 is 34.7 Å². The molecule has 4 heterocycles. The van der Waals surface area contributed by atoms with E-state index in [0.717, 1.165) is 0 Å². The number of carbonyl (C=O) groups is 2. The van der Waals surface area contributed by atoms with Crippen molar-refractivity contribution in [3.63, 3.8) is 0 Å². The van der Waals surface area contributed by atoms with E-state index in [1.807, 2.05) is 6.07 Å². The third kappa shape index (κ3) is 6.56. The Labute approximate surface area is 274 Å². The first kappa shape index (κ1) is 32.2. The largest absolute Gasteiger partial charge is 0.493 e. The number of nitrogens with two attached hydrogens (primary N) is 1. The third-order valence-electron chi connectivity index (χ3n) is 7.92. The molecule has 0 saturated carbocycles. The van der Waals surface area contributed by atoms with Crippen LogP contribution in [-0.4, -0.2) is 70.8 Å². The molecule has 2 atom stereocenters. The lowest BCUT2D eigenvalue weighted by atomic mass is 10.2. The zero-order chi connectivity index (χ0) is 33.8. The van der Waals surface area contributed by atoms with Gasteiger partial charge in [-0.05, 0) is 43.3 Å². The van der Waals surface area contributed by atoms with E-state index in [-0.39, 0.29) is 37.2 Å². The molecule has 2 aromatic carbocycles. The standard InChI is InChI=1S/C34H34N6O8/c1-20-32(34(43)40(21-7-5-4-6-8-21)39(20)18-23-13-24(19-46-23)48-31(41)16-35)33(42)38-30-10-9-22(17-37-30)47-27-11-12-36-26-15-29(45-3)28(44-2)14-25(26)27/h4-12,14-15,17,23-24H,13,16,18-19,35H2,1-3H3,(H,37,38,42)/t23-,24+/m1/s1. The lowest BCUT2D eigenvalue weighted by Gasteiger charge is -2.17. The number of ether oxygens (including phenoxy) is 5. The molecule has 0 spiro atoms. The van der Waals surface area contributed by atoms with Crippen LogP contribution in [0.15, 0.2) is 77.9 Å². The predicted molar refractivity (Wildman–Crippen MR) is 175 cm³/mol. The fourth-order valence-corrected chi connectivity index (χ4v) is 5.62. The predicted octanol–water partition coefficient (Wildman–Crippen LogP) is 3.61. The number of hydrogen-bond donors (Lipinski definition) is 2. The van der Waals surface area contributed by atoms with Crippen molar-refractivity contribution in [1.82, 2.24) is 19.3 Å². The molecule has 6 rings (SSSR count). The van der Waals surface area contributed by atoms with Gasteiger partial charge in [-0.15, -0.1) is 0 Å². The minimum Gasteiger partial charge on any atom is -0.493 e. The Kier molecular flexibility index (Phi) is 9.36. The lowest BCUT2D eigenvalue weighted by molar-refractivity contribution is -0.147. The average Bonchev–Trinajstić information content (AvgIpc) is 3.65. The van der Waals surface area contributed by atoms with E-state index in [0.29, 0.717) is 51.7 Å². The van der Waals surface area contributed by atoms with E-state index < -0.39 is 23.5 Å². The molecule has 0 radical (unpaired) electrons. The maximum absolute atomic E-state index is 13.8. The number of fused-ring (bicyclic) bond motifs is 1. The molecule has 3 N–H and O–H groups in total.